The van der Waals surface area contributed by atoms with Crippen LogP contribution in [0.2, 0.25) is 0 Å². The summed E-state index contributed by atoms with van der Waals surface area (Å²) in [4.78, 5) is 69.3. The van der Waals surface area contributed by atoms with E-state index in [4.69, 9.17) is 0 Å². The number of amides is 5. The fraction of sp³-hybridized carbons (Fsp3) is 0.800. The van der Waals surface area contributed by atoms with Crippen LogP contribution in [0.15, 0.2) is 12.7 Å². The number of nitrogens with one attached hydrogen (secondary N) is 4. The van der Waals surface area contributed by atoms with E-state index < -0.39 is 62.4 Å². The molecule has 2 aliphatic carbocycles. The second kappa shape index (κ2) is 17.1. The molecule has 0 aromatic rings. The number of carbonyl (C=O) groups is 5. The van der Waals surface area contributed by atoms with Crippen molar-refractivity contribution in [2.24, 2.45) is 11.8 Å². The van der Waals surface area contributed by atoms with Gasteiger partial charge in [0, 0.05) is 13.1 Å². The van der Waals surface area contributed by atoms with Crippen molar-refractivity contribution in [1.82, 2.24) is 26.2 Å². The van der Waals surface area contributed by atoms with Gasteiger partial charge in [-0.25, -0.2) is 13.2 Å². The van der Waals surface area contributed by atoms with E-state index in [2.05, 4.69) is 27.8 Å². The van der Waals surface area contributed by atoms with Gasteiger partial charge in [-0.05, 0) is 63.2 Å². The lowest BCUT2D eigenvalue weighted by Crippen LogP contribution is -2.64. The molecule has 4 aliphatic rings. The molecule has 4 N–H and O–H groups in total. The van der Waals surface area contributed by atoms with Gasteiger partial charge in [0.25, 0.3) is 5.91 Å². The average molecular weight is 692 g/mol. The van der Waals surface area contributed by atoms with Crippen LogP contribution in [-0.4, -0.2) is 90.6 Å². The smallest absolute Gasteiger partial charge is 0.315 e. The minimum absolute atomic E-state index is 0.123. The summed E-state index contributed by atoms with van der Waals surface area (Å²) in [6.07, 6.45) is 12.9. The minimum Gasteiger partial charge on any atom is -0.346 e. The van der Waals surface area contributed by atoms with Crippen molar-refractivity contribution in [1.29, 1.82) is 0 Å². The molecule has 1 unspecified atom stereocenters. The number of nitrogens with zero attached hydrogens (tertiary/aromatic N) is 1. The molecule has 2 aliphatic heterocycles. The average Bonchev–Trinajstić information content (AvgIpc) is 3.69. The van der Waals surface area contributed by atoms with E-state index in [1.165, 1.54) is 6.08 Å². The number of hydrogen-bond donors (Lipinski definition) is 4. The Morgan fingerprint density at radius 1 is 0.917 bits per heavy atom. The third kappa shape index (κ3) is 8.79. The largest absolute Gasteiger partial charge is 0.346 e. The molecule has 2 saturated carbocycles. The predicted molar refractivity (Wildman–Crippen MR) is 184 cm³/mol. The topological polar surface area (TPSA) is 171 Å². The number of rotatable bonds is 14. The molecule has 5 atom stereocenters. The second-order valence-electron chi connectivity index (χ2n) is 14.3. The fourth-order valence-electron chi connectivity index (χ4n) is 8.66. The first kappa shape index (κ1) is 37.9. The van der Waals surface area contributed by atoms with Crippen molar-refractivity contribution < 1.29 is 32.4 Å². The number of Topliss-reactive ketones (excluding diaryl/α,β-unsaturated/α-hetero) is 1. The number of likely N-dealkylation sites (tertiary alicyclic amines) is 1. The number of sulfone groups is 1. The van der Waals surface area contributed by atoms with Crippen LogP contribution in [0.3, 0.4) is 0 Å². The van der Waals surface area contributed by atoms with E-state index in [0.29, 0.717) is 51.5 Å². The van der Waals surface area contributed by atoms with Crippen molar-refractivity contribution in [3.05, 3.63) is 12.7 Å². The van der Waals surface area contributed by atoms with Crippen LogP contribution in [0.25, 0.3) is 0 Å². The monoisotopic (exact) mass is 691 g/mol. The molecule has 5 amide bonds. The molecule has 0 bridgehead atoms. The van der Waals surface area contributed by atoms with Gasteiger partial charge in [0.2, 0.25) is 17.6 Å². The summed E-state index contributed by atoms with van der Waals surface area (Å²) in [6.45, 7) is 7.83. The molecule has 0 spiro atoms. The van der Waals surface area contributed by atoms with Crippen LogP contribution in [0, 0.1) is 11.8 Å². The maximum absolute atomic E-state index is 14.5. The second-order valence-corrected chi connectivity index (χ2v) is 16.6. The Bertz CT molecular complexity index is 1290. The molecule has 0 aromatic heterocycles. The van der Waals surface area contributed by atoms with E-state index in [-0.39, 0.29) is 36.5 Å². The van der Waals surface area contributed by atoms with Crippen LogP contribution in [-0.2, 0) is 29.0 Å². The summed E-state index contributed by atoms with van der Waals surface area (Å²) < 4.78 is 26.2. The lowest BCUT2D eigenvalue weighted by molar-refractivity contribution is -0.144. The zero-order chi connectivity index (χ0) is 34.9. The van der Waals surface area contributed by atoms with Gasteiger partial charge in [0.15, 0.2) is 9.84 Å². The Labute approximate surface area is 286 Å². The Morgan fingerprint density at radius 2 is 1.60 bits per heavy atom. The van der Waals surface area contributed by atoms with Crippen LogP contribution in [0.1, 0.15) is 117 Å². The van der Waals surface area contributed by atoms with E-state index in [1.807, 2.05) is 13.8 Å². The lowest BCUT2D eigenvalue weighted by atomic mass is 9.78. The number of carbonyl (C=O) groups excluding carboxylic acids is 5. The molecule has 4 rings (SSSR count). The van der Waals surface area contributed by atoms with Gasteiger partial charge in [0.05, 0.1) is 22.6 Å². The summed E-state index contributed by atoms with van der Waals surface area (Å²) in [6, 6.07) is -3.29. The zero-order valence-electron chi connectivity index (χ0n) is 28.9. The highest BCUT2D eigenvalue weighted by molar-refractivity contribution is 7.92. The summed E-state index contributed by atoms with van der Waals surface area (Å²) in [5.41, 5.74) is -0.861. The van der Waals surface area contributed by atoms with E-state index >= 15 is 0 Å². The molecule has 12 nitrogen and oxygen atoms in total. The number of urea groups is 1. The standard InChI is InChI=1S/C35H57N5O7S/c1-4-14-26(30(41)32(43)36-21-5-2)37-31(42)29-24(6-3)18-22-40(29)33(44)28(25-15-9-7-10-16-25)38-34(45)39-35(19-11-8-12-20-35)27-17-13-23-48(27,46)47/h5,24-29H,2,4,6-23H2,1,3H3,(H,36,43)(H,37,42)(H2,38,39,45)/t24-,26-,27?,28-,29-/m0/s1. The third-order valence-electron chi connectivity index (χ3n) is 11.2. The molecule has 4 fully saturated rings. The summed E-state index contributed by atoms with van der Waals surface area (Å²) in [5, 5.41) is 10.8. The lowest BCUT2D eigenvalue weighted by Gasteiger charge is -2.43. The zero-order valence-corrected chi connectivity index (χ0v) is 29.7. The summed E-state index contributed by atoms with van der Waals surface area (Å²) in [5.74, 6) is -2.49. The molecule has 48 heavy (non-hydrogen) atoms. The minimum atomic E-state index is -3.34. The maximum atomic E-state index is 14.5. The van der Waals surface area contributed by atoms with Crippen molar-refractivity contribution >= 4 is 39.4 Å². The first-order chi connectivity index (χ1) is 23.0. The van der Waals surface area contributed by atoms with Gasteiger partial charge in [0.1, 0.15) is 12.1 Å². The van der Waals surface area contributed by atoms with Crippen LogP contribution >= 0.6 is 0 Å². The van der Waals surface area contributed by atoms with Gasteiger partial charge in [-0.2, -0.15) is 0 Å². The summed E-state index contributed by atoms with van der Waals surface area (Å²) in [7, 11) is -3.34. The van der Waals surface area contributed by atoms with Gasteiger partial charge >= 0.3 is 6.03 Å². The van der Waals surface area contributed by atoms with Crippen LogP contribution < -0.4 is 21.3 Å². The van der Waals surface area contributed by atoms with Crippen molar-refractivity contribution in [3.63, 3.8) is 0 Å². The highest BCUT2D eigenvalue weighted by Crippen LogP contribution is 2.40. The van der Waals surface area contributed by atoms with Crippen molar-refractivity contribution in [2.75, 3.05) is 18.8 Å². The van der Waals surface area contributed by atoms with Crippen LogP contribution in [0.5, 0.6) is 0 Å². The third-order valence-corrected chi connectivity index (χ3v) is 13.6. The summed E-state index contributed by atoms with van der Waals surface area (Å²) >= 11 is 0. The molecule has 0 radical (unpaired) electrons. The maximum Gasteiger partial charge on any atom is 0.315 e. The Morgan fingerprint density at radius 3 is 2.21 bits per heavy atom. The highest BCUT2D eigenvalue weighted by atomic mass is 32.2. The Balaban J connectivity index is 1.56. The highest BCUT2D eigenvalue weighted by Gasteiger charge is 2.51. The Kier molecular flexibility index (Phi) is 13.5. The molecule has 2 saturated heterocycles. The SMILES string of the molecule is C=CCNC(=O)C(=O)[C@H](CCC)NC(=O)[C@@H]1[C@@H](CC)CCN1C(=O)[C@@H](NC(=O)NC1(C2CCCS2(=O)=O)CCCCC1)C1CCCCC1. The van der Waals surface area contributed by atoms with Crippen molar-refractivity contribution in [3.8, 4) is 0 Å². The molecular formula is C35H57N5O7S. The molecule has 2 heterocycles. The van der Waals surface area contributed by atoms with Gasteiger partial charge < -0.3 is 26.2 Å². The van der Waals surface area contributed by atoms with E-state index in [0.717, 1.165) is 51.4 Å². The fourth-order valence-corrected chi connectivity index (χ4v) is 11.0. The van der Waals surface area contributed by atoms with E-state index in [9.17, 15) is 32.4 Å². The molecule has 13 heteroatoms. The normalized spacial score (nSPS) is 26.5. The van der Waals surface area contributed by atoms with Gasteiger partial charge in [-0.1, -0.05) is 71.3 Å². The molecule has 0 aromatic carbocycles. The van der Waals surface area contributed by atoms with Crippen LogP contribution in [0.4, 0.5) is 4.79 Å². The molecule has 270 valence electrons. The first-order valence-corrected chi connectivity index (χ1v) is 20.0. The quantitative estimate of drug-likeness (QED) is 0.160. The Hall–Kier alpha value is -2.96. The number of ketones is 1. The first-order valence-electron chi connectivity index (χ1n) is 18.3. The van der Waals surface area contributed by atoms with Gasteiger partial charge in [-0.15, -0.1) is 6.58 Å². The molecular weight excluding hydrogens is 634 g/mol. The van der Waals surface area contributed by atoms with Crippen molar-refractivity contribution in [2.45, 2.75) is 145 Å². The number of hydrogen-bond acceptors (Lipinski definition) is 7. The predicted octanol–water partition coefficient (Wildman–Crippen LogP) is 3.30. The van der Waals surface area contributed by atoms with Gasteiger partial charge in [-0.3, -0.25) is 19.2 Å². The van der Waals surface area contributed by atoms with E-state index in [1.54, 1.807) is 4.90 Å².